The number of carbonyl (C=O) groups is 3. The van der Waals surface area contributed by atoms with Crippen molar-refractivity contribution in [1.82, 2.24) is 10.3 Å². The molecule has 0 spiro atoms. The summed E-state index contributed by atoms with van der Waals surface area (Å²) in [5, 5.41) is 11.3. The van der Waals surface area contributed by atoms with Crippen LogP contribution >= 0.6 is 0 Å². The van der Waals surface area contributed by atoms with Crippen molar-refractivity contribution < 1.29 is 19.5 Å². The first-order valence-electron chi connectivity index (χ1n) is 7.28. The number of aliphatic carboxylic acids is 1. The van der Waals surface area contributed by atoms with Crippen LogP contribution in [0.25, 0.3) is 0 Å². The van der Waals surface area contributed by atoms with Crippen LogP contribution in [0.3, 0.4) is 0 Å². The predicted octanol–water partition coefficient (Wildman–Crippen LogP) is 1.12. The van der Waals surface area contributed by atoms with E-state index < -0.39 is 23.0 Å². The molecule has 0 unspecified atom stereocenters. The van der Waals surface area contributed by atoms with Crippen LogP contribution in [0.1, 0.15) is 60.5 Å². The first-order valence-corrected chi connectivity index (χ1v) is 7.28. The van der Waals surface area contributed by atoms with Crippen molar-refractivity contribution in [3.05, 3.63) is 33.2 Å². The lowest BCUT2D eigenvalue weighted by atomic mass is 9.75. The molecular weight excluding hydrogens is 300 g/mol. The molecule has 23 heavy (non-hydrogen) atoms. The number of carbonyl (C=O) groups excluding carboxylic acids is 2. The molecule has 0 aliphatic heterocycles. The van der Waals surface area contributed by atoms with Crippen LogP contribution in [0.2, 0.25) is 0 Å². The van der Waals surface area contributed by atoms with Gasteiger partial charge in [-0.15, -0.1) is 0 Å². The number of fused-ring (bicyclic) bond motifs is 1. The number of rotatable bonds is 3. The quantitative estimate of drug-likeness (QED) is 0.772. The third kappa shape index (κ3) is 3.33. The predicted molar refractivity (Wildman–Crippen MR) is 82.7 cm³/mol. The minimum Gasteiger partial charge on any atom is -0.480 e. The number of hydrogen-bond donors (Lipinski definition) is 3. The number of Topliss-reactive ketones (excluding diaryl/α,β-unsaturated/α-hetero) is 1. The number of nitrogens with one attached hydrogen (secondary N) is 2. The Balaban J connectivity index is 2.42. The summed E-state index contributed by atoms with van der Waals surface area (Å²) in [5.41, 5.74) is -1.82. The van der Waals surface area contributed by atoms with Gasteiger partial charge in [-0.1, -0.05) is 13.8 Å². The van der Waals surface area contributed by atoms with Gasteiger partial charge in [0.25, 0.3) is 11.5 Å². The second-order valence-electron chi connectivity index (χ2n) is 7.23. The van der Waals surface area contributed by atoms with Gasteiger partial charge in [-0.25, -0.2) is 4.79 Å². The average molecular weight is 320 g/mol. The number of H-pyrrole nitrogens is 1. The molecular formula is C16H20N2O5. The summed E-state index contributed by atoms with van der Waals surface area (Å²) in [6.07, 6.45) is 0.861. The second kappa shape index (κ2) is 5.33. The van der Waals surface area contributed by atoms with Crippen molar-refractivity contribution in [3.63, 3.8) is 0 Å². The van der Waals surface area contributed by atoms with Crippen LogP contribution in [-0.2, 0) is 11.2 Å². The number of carboxylic acids is 1. The molecule has 7 nitrogen and oxygen atoms in total. The van der Waals surface area contributed by atoms with Crippen LogP contribution in [0.5, 0.6) is 0 Å². The highest BCUT2D eigenvalue weighted by Crippen LogP contribution is 2.33. The van der Waals surface area contributed by atoms with Gasteiger partial charge >= 0.3 is 5.97 Å². The van der Waals surface area contributed by atoms with Crippen LogP contribution in [0, 0.1) is 5.41 Å². The number of carboxylic acid groups (broad SMARTS) is 1. The molecule has 0 saturated carbocycles. The fraction of sp³-hybridized carbons (Fsp3) is 0.500. The maximum absolute atomic E-state index is 12.2. The maximum atomic E-state index is 12.2. The monoisotopic (exact) mass is 320 g/mol. The van der Waals surface area contributed by atoms with E-state index in [1.807, 2.05) is 13.8 Å². The molecule has 0 atom stereocenters. The largest absolute Gasteiger partial charge is 0.480 e. The SMILES string of the molecule is CC1(C)CC(=O)c2cc(C(=O)NC(C)(C)C(=O)O)c(=O)[nH]c2C1. The van der Waals surface area contributed by atoms with Gasteiger partial charge in [0.05, 0.1) is 0 Å². The van der Waals surface area contributed by atoms with Crippen molar-refractivity contribution in [2.24, 2.45) is 5.41 Å². The van der Waals surface area contributed by atoms with Gasteiger partial charge in [0.1, 0.15) is 11.1 Å². The van der Waals surface area contributed by atoms with Gasteiger partial charge in [-0.2, -0.15) is 0 Å². The lowest BCUT2D eigenvalue weighted by molar-refractivity contribution is -0.143. The molecule has 1 aromatic heterocycles. The van der Waals surface area contributed by atoms with Crippen molar-refractivity contribution in [2.75, 3.05) is 0 Å². The Morgan fingerprint density at radius 2 is 1.87 bits per heavy atom. The number of amides is 1. The van der Waals surface area contributed by atoms with Crippen molar-refractivity contribution in [1.29, 1.82) is 0 Å². The number of ketones is 1. The molecule has 1 aliphatic rings. The van der Waals surface area contributed by atoms with E-state index in [4.69, 9.17) is 5.11 Å². The average Bonchev–Trinajstić information content (AvgIpc) is 2.35. The van der Waals surface area contributed by atoms with Crippen molar-refractivity contribution in [3.8, 4) is 0 Å². The number of aromatic nitrogens is 1. The normalized spacial score (nSPS) is 16.6. The molecule has 0 aromatic carbocycles. The minimum absolute atomic E-state index is 0.140. The number of hydrogen-bond acceptors (Lipinski definition) is 4. The Hall–Kier alpha value is -2.44. The fourth-order valence-corrected chi connectivity index (χ4v) is 2.60. The smallest absolute Gasteiger partial charge is 0.328 e. The summed E-state index contributed by atoms with van der Waals surface area (Å²) < 4.78 is 0. The lowest BCUT2D eigenvalue weighted by Crippen LogP contribution is -2.50. The molecule has 0 radical (unpaired) electrons. The lowest BCUT2D eigenvalue weighted by Gasteiger charge is -2.30. The van der Waals surface area contributed by atoms with Crippen LogP contribution in [0.4, 0.5) is 0 Å². The Labute approximate surface area is 133 Å². The fourth-order valence-electron chi connectivity index (χ4n) is 2.60. The van der Waals surface area contributed by atoms with E-state index in [0.29, 0.717) is 24.1 Å². The van der Waals surface area contributed by atoms with Gasteiger partial charge in [-0.05, 0) is 31.7 Å². The molecule has 2 rings (SSSR count). The van der Waals surface area contributed by atoms with Gasteiger partial charge in [0, 0.05) is 17.7 Å². The standard InChI is InChI=1S/C16H20N2O5/c1-15(2)6-10-8(11(19)7-15)5-9(12(20)17-10)13(21)18-16(3,4)14(22)23/h5H,6-7H2,1-4H3,(H,17,20)(H,18,21)(H,22,23). The highest BCUT2D eigenvalue weighted by Gasteiger charge is 2.34. The van der Waals surface area contributed by atoms with E-state index >= 15 is 0 Å². The summed E-state index contributed by atoms with van der Waals surface area (Å²) in [7, 11) is 0. The molecule has 0 saturated heterocycles. The Morgan fingerprint density at radius 3 is 2.43 bits per heavy atom. The van der Waals surface area contributed by atoms with Crippen LogP contribution in [-0.4, -0.2) is 33.3 Å². The Bertz CT molecular complexity index is 758. The summed E-state index contributed by atoms with van der Waals surface area (Å²) in [6, 6.07) is 1.26. The van der Waals surface area contributed by atoms with E-state index in [2.05, 4.69) is 10.3 Å². The van der Waals surface area contributed by atoms with Crippen molar-refractivity contribution in [2.45, 2.75) is 46.1 Å². The van der Waals surface area contributed by atoms with E-state index in [9.17, 15) is 19.2 Å². The molecule has 1 heterocycles. The summed E-state index contributed by atoms with van der Waals surface area (Å²) in [5.74, 6) is -2.18. The first kappa shape index (κ1) is 16.9. The molecule has 7 heteroatoms. The zero-order valence-corrected chi connectivity index (χ0v) is 13.6. The number of pyridine rings is 1. The van der Waals surface area contributed by atoms with E-state index in [-0.39, 0.29) is 16.8 Å². The first-order chi connectivity index (χ1) is 10.4. The summed E-state index contributed by atoms with van der Waals surface area (Å²) in [4.78, 5) is 50.2. The number of aromatic amines is 1. The molecule has 0 bridgehead atoms. The zero-order valence-electron chi connectivity index (χ0n) is 13.6. The Morgan fingerprint density at radius 1 is 1.26 bits per heavy atom. The molecule has 124 valence electrons. The summed E-state index contributed by atoms with van der Waals surface area (Å²) >= 11 is 0. The Kier molecular flexibility index (Phi) is 3.92. The molecule has 1 amide bonds. The van der Waals surface area contributed by atoms with Gasteiger partial charge in [0.2, 0.25) is 0 Å². The molecule has 1 aliphatic carbocycles. The van der Waals surface area contributed by atoms with E-state index in [0.717, 1.165) is 0 Å². The van der Waals surface area contributed by atoms with E-state index in [1.165, 1.54) is 19.9 Å². The van der Waals surface area contributed by atoms with Crippen LogP contribution < -0.4 is 10.9 Å². The third-order valence-corrected chi connectivity index (χ3v) is 3.92. The molecule has 3 N–H and O–H groups in total. The van der Waals surface area contributed by atoms with Gasteiger partial charge in [0.15, 0.2) is 5.78 Å². The van der Waals surface area contributed by atoms with Crippen molar-refractivity contribution >= 4 is 17.7 Å². The highest BCUT2D eigenvalue weighted by atomic mass is 16.4. The topological polar surface area (TPSA) is 116 Å². The third-order valence-electron chi connectivity index (χ3n) is 3.92. The van der Waals surface area contributed by atoms with Gasteiger partial charge in [-0.3, -0.25) is 14.4 Å². The molecule has 1 aromatic rings. The van der Waals surface area contributed by atoms with Gasteiger partial charge < -0.3 is 15.4 Å². The minimum atomic E-state index is -1.52. The van der Waals surface area contributed by atoms with Crippen LogP contribution in [0.15, 0.2) is 10.9 Å². The highest BCUT2D eigenvalue weighted by molar-refractivity contribution is 6.03. The van der Waals surface area contributed by atoms with E-state index in [1.54, 1.807) is 0 Å². The molecule has 0 fully saturated rings. The summed E-state index contributed by atoms with van der Waals surface area (Å²) in [6.45, 7) is 6.49. The zero-order chi connectivity index (χ0) is 17.6. The maximum Gasteiger partial charge on any atom is 0.328 e. The second-order valence-corrected chi connectivity index (χ2v) is 7.23.